The van der Waals surface area contributed by atoms with Gasteiger partial charge in [0.1, 0.15) is 36.5 Å². The summed E-state index contributed by atoms with van der Waals surface area (Å²) in [6, 6.07) is -2.29. The number of likely N-dealkylation sites (N-methyl/N-ethyl adjacent to an activating group) is 2. The summed E-state index contributed by atoms with van der Waals surface area (Å²) in [5.74, 6) is -7.07. The Morgan fingerprint density at radius 2 is 1.29 bits per heavy atom. The zero-order valence-corrected chi connectivity index (χ0v) is 43.3. The number of phenols is 1. The van der Waals surface area contributed by atoms with E-state index >= 15 is 0 Å². The van der Waals surface area contributed by atoms with E-state index in [0.717, 1.165) is 38.2 Å². The van der Waals surface area contributed by atoms with E-state index in [4.69, 9.17) is 4.74 Å². The highest BCUT2D eigenvalue weighted by atomic mass is 16.5. The van der Waals surface area contributed by atoms with Gasteiger partial charge in [0.05, 0.1) is 56.4 Å². The van der Waals surface area contributed by atoms with E-state index in [2.05, 4.69) is 33.5 Å². The molecule has 0 saturated carbocycles. The van der Waals surface area contributed by atoms with E-state index in [-0.39, 0.29) is 24.5 Å². The monoisotopic (exact) mass is 1020 g/mol. The number of allylic oxidation sites excluding steroid dienone is 1. The third-order valence-corrected chi connectivity index (χ3v) is 12.3. The largest absolute Gasteiger partial charge is 0.508 e. The summed E-state index contributed by atoms with van der Waals surface area (Å²) in [5, 5.41) is 64.3. The molecule has 404 valence electrons. The van der Waals surface area contributed by atoms with Crippen molar-refractivity contribution >= 4 is 47.3 Å². The van der Waals surface area contributed by atoms with Crippen LogP contribution in [0.5, 0.6) is 5.75 Å². The lowest BCUT2D eigenvalue weighted by molar-refractivity contribution is -0.157. The first-order valence-electron chi connectivity index (χ1n) is 24.8. The zero-order chi connectivity index (χ0) is 54.2. The van der Waals surface area contributed by atoms with Crippen molar-refractivity contribution in [3.8, 4) is 5.75 Å². The normalized spacial score (nSPS) is 19.9. The van der Waals surface area contributed by atoms with Crippen LogP contribution in [0.2, 0.25) is 0 Å². The molecule has 0 radical (unpaired) electrons. The molecule has 2 rings (SSSR count). The summed E-state index contributed by atoms with van der Waals surface area (Å²) in [6.45, 7) is 10.1. The highest BCUT2D eigenvalue weighted by molar-refractivity contribution is 5.95. The van der Waals surface area contributed by atoms with Gasteiger partial charge in [0.2, 0.25) is 41.4 Å². The van der Waals surface area contributed by atoms with Gasteiger partial charge < -0.3 is 66.7 Å². The highest BCUT2D eigenvalue weighted by Crippen LogP contribution is 2.20. The van der Waals surface area contributed by atoms with Gasteiger partial charge in [-0.25, -0.2) is 4.79 Å². The Hall–Kier alpha value is -5.90. The molecule has 9 atom stereocenters. The second-order valence-corrected chi connectivity index (χ2v) is 19.4. The molecule has 72 heavy (non-hydrogen) atoms. The molecular formula is C51H81N7O14. The quantitative estimate of drug-likeness (QED) is 0.0326. The average Bonchev–Trinajstić information content (AvgIpc) is 3.32. The molecule has 0 aliphatic carbocycles. The van der Waals surface area contributed by atoms with Crippen LogP contribution in [0.25, 0.3) is 0 Å². The molecule has 0 aromatic heterocycles. The van der Waals surface area contributed by atoms with Crippen molar-refractivity contribution in [2.45, 2.75) is 161 Å². The number of rotatable bonds is 27. The number of aromatic hydroxyl groups is 1. The number of hydrogen-bond donors (Lipinski definition) is 10. The fourth-order valence-electron chi connectivity index (χ4n) is 7.89. The SMILES string of the molecule is CCCCCC/C=C\CC(=O)N[C@@H](CO)[C@@H](O)CC(=O)N[C@H](C(=O)N[C@@H](CO)[C@@H](O)CC(=O)N[C@H](C(=O)N[C@@H]1/C=C/C(=O)N(C)[C@@H](C(C)C)C(=O)N(C)[C@@H](Cc2ccc(O)cc2)C(=O)OC1)C(C)C)C(C)C. The van der Waals surface area contributed by atoms with Crippen molar-refractivity contribution in [3.63, 3.8) is 0 Å². The van der Waals surface area contributed by atoms with E-state index in [1.54, 1.807) is 59.8 Å². The summed E-state index contributed by atoms with van der Waals surface area (Å²) < 4.78 is 5.67. The third kappa shape index (κ3) is 20.7. The number of esters is 1. The van der Waals surface area contributed by atoms with E-state index in [0.29, 0.717) is 5.56 Å². The second-order valence-electron chi connectivity index (χ2n) is 19.4. The van der Waals surface area contributed by atoms with E-state index < -0.39 is 146 Å². The molecule has 21 heteroatoms. The minimum atomic E-state index is -1.70. The smallest absolute Gasteiger partial charge is 0.329 e. The molecule has 1 aromatic carbocycles. The van der Waals surface area contributed by atoms with Crippen molar-refractivity contribution in [1.29, 1.82) is 0 Å². The van der Waals surface area contributed by atoms with Crippen LogP contribution in [0.3, 0.4) is 0 Å². The second kappa shape index (κ2) is 31.5. The number of phenolic OH excluding ortho intramolecular Hbond substituents is 1. The summed E-state index contributed by atoms with van der Waals surface area (Å²) in [4.78, 5) is 110. The Morgan fingerprint density at radius 3 is 1.82 bits per heavy atom. The predicted molar refractivity (Wildman–Crippen MR) is 267 cm³/mol. The Labute approximate surface area is 423 Å². The van der Waals surface area contributed by atoms with Gasteiger partial charge in [0.25, 0.3) is 0 Å². The first-order valence-corrected chi connectivity index (χ1v) is 24.8. The molecule has 0 spiro atoms. The molecule has 1 heterocycles. The van der Waals surface area contributed by atoms with Gasteiger partial charge in [-0.2, -0.15) is 0 Å². The van der Waals surface area contributed by atoms with Crippen molar-refractivity contribution in [2.75, 3.05) is 33.9 Å². The van der Waals surface area contributed by atoms with Crippen molar-refractivity contribution < 1.29 is 68.6 Å². The lowest BCUT2D eigenvalue weighted by atomic mass is 9.98. The van der Waals surface area contributed by atoms with Crippen LogP contribution in [0.4, 0.5) is 0 Å². The predicted octanol–water partition coefficient (Wildman–Crippen LogP) is 0.497. The van der Waals surface area contributed by atoms with Crippen molar-refractivity contribution in [1.82, 2.24) is 36.4 Å². The molecule has 0 fully saturated rings. The minimum Gasteiger partial charge on any atom is -0.508 e. The number of nitrogens with zero attached hydrogens (tertiary/aromatic N) is 2. The number of carbonyl (C=O) groups is 8. The number of amides is 7. The maximum Gasteiger partial charge on any atom is 0.329 e. The summed E-state index contributed by atoms with van der Waals surface area (Å²) in [7, 11) is 2.88. The Bertz CT molecular complexity index is 1990. The minimum absolute atomic E-state index is 0.000972. The molecule has 1 aliphatic heterocycles. The summed E-state index contributed by atoms with van der Waals surface area (Å²) in [6.07, 6.45) is 6.70. The maximum atomic E-state index is 13.9. The number of aliphatic hydroxyl groups is 4. The first kappa shape index (κ1) is 62.2. The van der Waals surface area contributed by atoms with Gasteiger partial charge in [-0.15, -0.1) is 0 Å². The van der Waals surface area contributed by atoms with Crippen LogP contribution >= 0.6 is 0 Å². The number of nitrogens with one attached hydrogen (secondary N) is 5. The molecule has 10 N–H and O–H groups in total. The lowest BCUT2D eigenvalue weighted by Crippen LogP contribution is -2.57. The number of hydrogen-bond acceptors (Lipinski definition) is 14. The highest BCUT2D eigenvalue weighted by Gasteiger charge is 2.38. The van der Waals surface area contributed by atoms with Gasteiger partial charge in [-0.3, -0.25) is 33.6 Å². The fraction of sp³-hybridized carbons (Fsp3) is 0.647. The molecule has 1 aliphatic rings. The van der Waals surface area contributed by atoms with E-state index in [1.807, 2.05) is 6.08 Å². The lowest BCUT2D eigenvalue weighted by Gasteiger charge is -2.36. The Balaban J connectivity index is 2.14. The topological polar surface area (TPSA) is 314 Å². The van der Waals surface area contributed by atoms with Crippen LogP contribution in [0.15, 0.2) is 48.6 Å². The average molecular weight is 1020 g/mol. The van der Waals surface area contributed by atoms with Crippen LogP contribution in [0, 0.1) is 17.8 Å². The van der Waals surface area contributed by atoms with Gasteiger partial charge >= 0.3 is 5.97 Å². The van der Waals surface area contributed by atoms with E-state index in [9.17, 15) is 63.9 Å². The van der Waals surface area contributed by atoms with Gasteiger partial charge in [0, 0.05) is 33.0 Å². The molecular weight excluding hydrogens is 935 g/mol. The molecule has 0 unspecified atom stereocenters. The van der Waals surface area contributed by atoms with E-state index in [1.165, 1.54) is 42.1 Å². The van der Waals surface area contributed by atoms with Gasteiger partial charge in [-0.05, 0) is 48.3 Å². The van der Waals surface area contributed by atoms with Crippen molar-refractivity contribution in [2.24, 2.45) is 17.8 Å². The maximum absolute atomic E-state index is 13.9. The third-order valence-electron chi connectivity index (χ3n) is 12.3. The summed E-state index contributed by atoms with van der Waals surface area (Å²) in [5.41, 5.74) is 0.603. The number of aliphatic hydroxyl groups excluding tert-OH is 4. The molecule has 0 saturated heterocycles. The number of carbonyl (C=O) groups excluding carboxylic acids is 8. The molecule has 0 bridgehead atoms. The Kier molecular flexibility index (Phi) is 27.2. The molecule has 7 amide bonds. The standard InChI is InChI=1S/C51H81N7O14/c1-10-11-12-13-14-15-16-17-41(64)53-36(27-59)39(62)25-42(65)56-46(31(4)5)49(69)54-37(28-60)40(63)26-43(66)55-45(30(2)3)48(68)52-34-20-23-44(67)58(9)47(32(6)7)50(70)57(8)38(51(71)72-29-34)24-33-18-21-35(61)22-19-33/h15-16,18-23,30-32,34,36-40,45-47,59-63H,10-14,17,24-29H2,1-9H3,(H,52,68)(H,53,64)(H,54,69)(H,55,66)(H,56,65)/b16-15-,23-20+/t34-,36+,37+,38+,39+,40+,45+,46+,47+/m1/s1. The number of benzene rings is 1. The van der Waals surface area contributed by atoms with Crippen molar-refractivity contribution in [3.05, 3.63) is 54.1 Å². The van der Waals surface area contributed by atoms with Crippen LogP contribution in [0.1, 0.15) is 105 Å². The molecule has 21 nitrogen and oxygen atoms in total. The first-order chi connectivity index (χ1) is 33.9. The number of unbranched alkanes of at least 4 members (excludes halogenated alkanes) is 4. The van der Waals surface area contributed by atoms with Crippen LogP contribution < -0.4 is 26.6 Å². The zero-order valence-electron chi connectivity index (χ0n) is 43.3. The van der Waals surface area contributed by atoms with Gasteiger partial charge in [0.15, 0.2) is 0 Å². The summed E-state index contributed by atoms with van der Waals surface area (Å²) >= 11 is 0. The Morgan fingerprint density at radius 1 is 0.736 bits per heavy atom. The fourth-order valence-corrected chi connectivity index (χ4v) is 7.89. The van der Waals surface area contributed by atoms with Gasteiger partial charge in [-0.1, -0.05) is 98.1 Å². The van der Waals surface area contributed by atoms with Crippen LogP contribution in [-0.2, 0) is 49.5 Å². The number of ether oxygens (including phenoxy) is 1. The number of cyclic esters (lactones) is 1. The molecule has 1 aromatic rings. The van der Waals surface area contributed by atoms with Crippen LogP contribution in [-0.4, -0.2) is 171 Å².